The van der Waals surface area contributed by atoms with Crippen LogP contribution in [0.25, 0.3) is 0 Å². The Morgan fingerprint density at radius 3 is 2.58 bits per heavy atom. The molecule has 2 nitrogen and oxygen atoms in total. The van der Waals surface area contributed by atoms with Gasteiger partial charge in [-0.05, 0) is 31.9 Å². The number of carbonyl (C=O) groups is 1. The van der Waals surface area contributed by atoms with Gasteiger partial charge >= 0.3 is 6.18 Å². The molecule has 0 bridgehead atoms. The molecule has 0 aromatic heterocycles. The lowest BCUT2D eigenvalue weighted by Gasteiger charge is -2.27. The van der Waals surface area contributed by atoms with E-state index >= 15 is 0 Å². The first-order valence-electron chi connectivity index (χ1n) is 6.37. The number of rotatable bonds is 3. The minimum atomic E-state index is -4.50. The molecule has 1 N–H and O–H groups in total. The molecule has 1 unspecified atom stereocenters. The summed E-state index contributed by atoms with van der Waals surface area (Å²) in [5.41, 5.74) is -1.91. The van der Waals surface area contributed by atoms with Crippen molar-refractivity contribution in [3.05, 3.63) is 35.4 Å². The Morgan fingerprint density at radius 1 is 1.37 bits per heavy atom. The number of alkyl halides is 3. The van der Waals surface area contributed by atoms with Gasteiger partial charge in [0, 0.05) is 5.56 Å². The summed E-state index contributed by atoms with van der Waals surface area (Å²) < 4.78 is 38.9. The molecule has 2 rings (SSSR count). The summed E-state index contributed by atoms with van der Waals surface area (Å²) in [6, 6.07) is 5.01. The predicted octanol–water partition coefficient (Wildman–Crippen LogP) is 3.42. The standard InChI is InChI=1S/C14H16F3NO/c1-2-13(8-5-9-18-13)12(19)10-6-3-4-7-11(10)14(15,16)17/h3-4,6-7,18H,2,5,8-9H2,1H3. The average Bonchev–Trinajstić information content (AvgIpc) is 2.87. The van der Waals surface area contributed by atoms with Gasteiger partial charge in [-0.15, -0.1) is 0 Å². The lowest BCUT2D eigenvalue weighted by molar-refractivity contribution is -0.137. The van der Waals surface area contributed by atoms with E-state index in [0.717, 1.165) is 12.5 Å². The second-order valence-electron chi connectivity index (χ2n) is 4.84. The maximum absolute atomic E-state index is 13.0. The maximum Gasteiger partial charge on any atom is 0.417 e. The van der Waals surface area contributed by atoms with E-state index in [9.17, 15) is 18.0 Å². The molecule has 1 heterocycles. The minimum Gasteiger partial charge on any atom is -0.305 e. The van der Waals surface area contributed by atoms with Crippen LogP contribution in [-0.2, 0) is 6.18 Å². The molecule has 0 aliphatic carbocycles. The monoisotopic (exact) mass is 271 g/mol. The van der Waals surface area contributed by atoms with Crippen molar-refractivity contribution in [3.8, 4) is 0 Å². The Bertz CT molecular complexity index is 476. The van der Waals surface area contributed by atoms with Gasteiger partial charge in [0.1, 0.15) is 0 Å². The Morgan fingerprint density at radius 2 is 2.05 bits per heavy atom. The summed E-state index contributed by atoms with van der Waals surface area (Å²) in [5, 5.41) is 3.08. The average molecular weight is 271 g/mol. The van der Waals surface area contributed by atoms with Crippen molar-refractivity contribution in [2.45, 2.75) is 37.9 Å². The zero-order valence-corrected chi connectivity index (χ0v) is 10.7. The Labute approximate surface area is 110 Å². The van der Waals surface area contributed by atoms with Crippen LogP contribution in [0.3, 0.4) is 0 Å². The zero-order chi connectivity index (χ0) is 14.1. The molecule has 104 valence electrons. The Hall–Kier alpha value is -1.36. The quantitative estimate of drug-likeness (QED) is 0.853. The van der Waals surface area contributed by atoms with Crippen LogP contribution in [0.5, 0.6) is 0 Å². The number of Topliss-reactive ketones (excluding diaryl/α,β-unsaturated/α-hetero) is 1. The van der Waals surface area contributed by atoms with E-state index < -0.39 is 23.1 Å². The largest absolute Gasteiger partial charge is 0.417 e. The molecule has 0 amide bonds. The summed E-state index contributed by atoms with van der Waals surface area (Å²) in [7, 11) is 0. The van der Waals surface area contributed by atoms with Gasteiger partial charge in [-0.2, -0.15) is 13.2 Å². The van der Waals surface area contributed by atoms with E-state index in [0.29, 0.717) is 19.4 Å². The van der Waals surface area contributed by atoms with Gasteiger partial charge in [0.15, 0.2) is 5.78 Å². The zero-order valence-electron chi connectivity index (χ0n) is 10.7. The van der Waals surface area contributed by atoms with Crippen molar-refractivity contribution in [1.82, 2.24) is 5.32 Å². The van der Waals surface area contributed by atoms with Crippen LogP contribution in [0.1, 0.15) is 42.1 Å². The van der Waals surface area contributed by atoms with Gasteiger partial charge in [0.2, 0.25) is 0 Å². The van der Waals surface area contributed by atoms with Gasteiger partial charge in [0.25, 0.3) is 0 Å². The molecule has 5 heteroatoms. The molecule has 1 aliphatic rings. The number of benzene rings is 1. The number of halogens is 3. The van der Waals surface area contributed by atoms with Crippen molar-refractivity contribution >= 4 is 5.78 Å². The molecular formula is C14H16F3NO. The van der Waals surface area contributed by atoms with E-state index in [1.165, 1.54) is 18.2 Å². The topological polar surface area (TPSA) is 29.1 Å². The number of nitrogens with one attached hydrogen (secondary N) is 1. The Kier molecular flexibility index (Phi) is 3.67. The third-order valence-corrected chi connectivity index (χ3v) is 3.76. The second kappa shape index (κ2) is 4.96. The van der Waals surface area contributed by atoms with Crippen LogP contribution >= 0.6 is 0 Å². The van der Waals surface area contributed by atoms with Crippen molar-refractivity contribution in [1.29, 1.82) is 0 Å². The molecule has 1 aliphatic heterocycles. The molecule has 1 saturated heterocycles. The molecule has 1 aromatic carbocycles. The fourth-order valence-corrected chi connectivity index (χ4v) is 2.65. The van der Waals surface area contributed by atoms with Gasteiger partial charge < -0.3 is 5.32 Å². The van der Waals surface area contributed by atoms with Crippen LogP contribution in [0.4, 0.5) is 13.2 Å². The predicted molar refractivity (Wildman–Crippen MR) is 66.0 cm³/mol. The van der Waals surface area contributed by atoms with Crippen molar-refractivity contribution < 1.29 is 18.0 Å². The minimum absolute atomic E-state index is 0.230. The van der Waals surface area contributed by atoms with Crippen LogP contribution in [0, 0.1) is 0 Å². The molecule has 0 saturated carbocycles. The summed E-state index contributed by atoms with van der Waals surface area (Å²) in [4.78, 5) is 12.5. The first-order chi connectivity index (χ1) is 8.91. The summed E-state index contributed by atoms with van der Waals surface area (Å²) in [6.45, 7) is 2.50. The third kappa shape index (κ3) is 2.52. The van der Waals surface area contributed by atoms with Crippen molar-refractivity contribution in [3.63, 3.8) is 0 Å². The molecule has 0 spiro atoms. The molecule has 0 radical (unpaired) electrons. The van der Waals surface area contributed by atoms with Gasteiger partial charge in [-0.3, -0.25) is 4.79 Å². The molecule has 1 fully saturated rings. The SMILES string of the molecule is CCC1(C(=O)c2ccccc2C(F)(F)F)CCCN1. The summed E-state index contributed by atoms with van der Waals surface area (Å²) >= 11 is 0. The maximum atomic E-state index is 13.0. The lowest BCUT2D eigenvalue weighted by Crippen LogP contribution is -2.47. The van der Waals surface area contributed by atoms with Crippen LogP contribution in [0.15, 0.2) is 24.3 Å². The van der Waals surface area contributed by atoms with Crippen molar-refractivity contribution in [2.75, 3.05) is 6.54 Å². The highest BCUT2D eigenvalue weighted by molar-refractivity contribution is 6.04. The second-order valence-corrected chi connectivity index (χ2v) is 4.84. The number of ketones is 1. The first-order valence-corrected chi connectivity index (χ1v) is 6.37. The van der Waals surface area contributed by atoms with Crippen LogP contribution in [0.2, 0.25) is 0 Å². The third-order valence-electron chi connectivity index (χ3n) is 3.76. The van der Waals surface area contributed by atoms with Crippen LogP contribution in [-0.4, -0.2) is 17.9 Å². The molecule has 19 heavy (non-hydrogen) atoms. The smallest absolute Gasteiger partial charge is 0.305 e. The fraction of sp³-hybridized carbons (Fsp3) is 0.500. The van der Waals surface area contributed by atoms with Crippen molar-refractivity contribution in [2.24, 2.45) is 0 Å². The molecule has 1 aromatic rings. The number of carbonyl (C=O) groups excluding carboxylic acids is 1. The van der Waals surface area contributed by atoms with E-state index in [-0.39, 0.29) is 5.56 Å². The van der Waals surface area contributed by atoms with Gasteiger partial charge in [0.05, 0.1) is 11.1 Å². The summed E-state index contributed by atoms with van der Waals surface area (Å²) in [5.74, 6) is -0.444. The highest BCUT2D eigenvalue weighted by atomic mass is 19.4. The molecular weight excluding hydrogens is 255 g/mol. The first kappa shape index (κ1) is 14.1. The van der Waals surface area contributed by atoms with E-state index in [1.807, 2.05) is 6.92 Å². The van der Waals surface area contributed by atoms with Gasteiger partial charge in [-0.25, -0.2) is 0 Å². The fourth-order valence-electron chi connectivity index (χ4n) is 2.65. The highest BCUT2D eigenvalue weighted by Gasteiger charge is 2.43. The number of hydrogen-bond acceptors (Lipinski definition) is 2. The summed E-state index contributed by atoms with van der Waals surface area (Å²) in [6.07, 6.45) is -2.60. The highest BCUT2D eigenvalue weighted by Crippen LogP contribution is 2.35. The van der Waals surface area contributed by atoms with Crippen LogP contribution < -0.4 is 5.32 Å². The normalized spacial score (nSPS) is 23.6. The van der Waals surface area contributed by atoms with E-state index in [1.54, 1.807) is 0 Å². The van der Waals surface area contributed by atoms with Gasteiger partial charge in [-0.1, -0.05) is 25.1 Å². The number of hydrogen-bond donors (Lipinski definition) is 1. The molecule has 1 atom stereocenters. The Balaban J connectivity index is 2.45. The van der Waals surface area contributed by atoms with E-state index in [4.69, 9.17) is 0 Å². The lowest BCUT2D eigenvalue weighted by atomic mass is 9.84. The van der Waals surface area contributed by atoms with E-state index in [2.05, 4.69) is 5.32 Å².